The fourth-order valence-electron chi connectivity index (χ4n) is 5.12. The highest BCUT2D eigenvalue weighted by Crippen LogP contribution is 2.30. The number of hydrogen-bond acceptors (Lipinski definition) is 4. The summed E-state index contributed by atoms with van der Waals surface area (Å²) in [6, 6.07) is 26.9. The highest BCUT2D eigenvalue weighted by atomic mass is 35.5. The van der Waals surface area contributed by atoms with Crippen molar-refractivity contribution in [1.29, 1.82) is 0 Å². The number of nitrogens with zero attached hydrogens (tertiary/aromatic N) is 2. The van der Waals surface area contributed by atoms with Crippen LogP contribution < -0.4 is 9.62 Å². The van der Waals surface area contributed by atoms with Gasteiger partial charge in [-0.2, -0.15) is 0 Å². The molecule has 0 fully saturated rings. The second-order valence-corrected chi connectivity index (χ2v) is 13.9. The maximum atomic E-state index is 14.6. The molecule has 0 unspecified atom stereocenters. The lowest BCUT2D eigenvalue weighted by atomic mass is 10.0. The molecule has 7 nitrogen and oxygen atoms in total. The van der Waals surface area contributed by atoms with Gasteiger partial charge in [-0.15, -0.1) is 0 Å². The molecule has 0 spiro atoms. The summed E-state index contributed by atoms with van der Waals surface area (Å²) in [6.07, 6.45) is 1.89. The van der Waals surface area contributed by atoms with Crippen LogP contribution in [-0.4, -0.2) is 44.3 Å². The summed E-state index contributed by atoms with van der Waals surface area (Å²) in [7, 11) is -4.22. The minimum atomic E-state index is -4.22. The Morgan fingerprint density at radius 1 is 0.870 bits per heavy atom. The zero-order valence-electron chi connectivity index (χ0n) is 26.2. The van der Waals surface area contributed by atoms with Crippen molar-refractivity contribution in [3.05, 3.63) is 129 Å². The van der Waals surface area contributed by atoms with Crippen molar-refractivity contribution in [2.75, 3.05) is 17.4 Å². The van der Waals surface area contributed by atoms with Gasteiger partial charge in [-0.1, -0.05) is 103 Å². The molecule has 2 amide bonds. The summed E-state index contributed by atoms with van der Waals surface area (Å²) in [5.74, 6) is -0.884. The molecular formula is C36H39Cl2N3O4S. The van der Waals surface area contributed by atoms with Crippen LogP contribution in [0.15, 0.2) is 102 Å². The smallest absolute Gasteiger partial charge is 0.264 e. The lowest BCUT2D eigenvalue weighted by Crippen LogP contribution is -2.53. The van der Waals surface area contributed by atoms with Crippen molar-refractivity contribution in [2.24, 2.45) is 0 Å². The number of aryl methyl sites for hydroxylation is 2. The van der Waals surface area contributed by atoms with Gasteiger partial charge in [-0.05, 0) is 73.4 Å². The highest BCUT2D eigenvalue weighted by Gasteiger charge is 2.35. The van der Waals surface area contributed by atoms with E-state index in [1.54, 1.807) is 55.5 Å². The van der Waals surface area contributed by atoms with Gasteiger partial charge in [-0.3, -0.25) is 13.9 Å². The zero-order valence-corrected chi connectivity index (χ0v) is 28.6. The lowest BCUT2D eigenvalue weighted by Gasteiger charge is -2.34. The largest absolute Gasteiger partial charge is 0.354 e. The molecule has 0 aliphatic heterocycles. The quantitative estimate of drug-likeness (QED) is 0.141. The van der Waals surface area contributed by atoms with Crippen molar-refractivity contribution < 1.29 is 18.0 Å². The van der Waals surface area contributed by atoms with Gasteiger partial charge in [0.15, 0.2) is 0 Å². The Labute approximate surface area is 282 Å². The summed E-state index contributed by atoms with van der Waals surface area (Å²) < 4.78 is 29.6. The number of sulfonamides is 1. The number of carbonyl (C=O) groups is 2. The Bertz CT molecular complexity index is 1750. The number of carbonyl (C=O) groups excluding carboxylic acids is 2. The second-order valence-electron chi connectivity index (χ2n) is 11.2. The average molecular weight is 681 g/mol. The van der Waals surface area contributed by atoms with E-state index in [0.29, 0.717) is 33.4 Å². The molecule has 1 atom stereocenters. The lowest BCUT2D eigenvalue weighted by molar-refractivity contribution is -0.140. The standard InChI is InChI=1S/C36H39Cl2N3O4S/c1-4-5-21-39-36(43)34(23-28-11-7-6-8-12-28)40(24-29-13-9-10-14-32(29)38)35(42)25-41(33-20-17-30(37)22-27(33)3)46(44,45)31-18-15-26(2)16-19-31/h6-20,22,34H,4-5,21,23-25H2,1-3H3,(H,39,43)/t34-/m1/s1. The predicted molar refractivity (Wildman–Crippen MR) is 186 cm³/mol. The number of benzene rings is 4. The van der Waals surface area contributed by atoms with E-state index in [2.05, 4.69) is 5.32 Å². The maximum absolute atomic E-state index is 14.6. The third-order valence-corrected chi connectivity index (χ3v) is 10.1. The Morgan fingerprint density at radius 3 is 2.20 bits per heavy atom. The van der Waals surface area contributed by atoms with Crippen LogP contribution >= 0.6 is 23.2 Å². The topological polar surface area (TPSA) is 86.8 Å². The summed E-state index contributed by atoms with van der Waals surface area (Å²) in [5.41, 5.74) is 3.27. The van der Waals surface area contributed by atoms with E-state index in [9.17, 15) is 18.0 Å². The van der Waals surface area contributed by atoms with Crippen LogP contribution in [0.1, 0.15) is 42.0 Å². The minimum absolute atomic E-state index is 0.00474. The highest BCUT2D eigenvalue weighted by molar-refractivity contribution is 7.92. The minimum Gasteiger partial charge on any atom is -0.354 e. The van der Waals surface area contributed by atoms with Gasteiger partial charge in [0.25, 0.3) is 10.0 Å². The molecule has 0 radical (unpaired) electrons. The number of amides is 2. The van der Waals surface area contributed by atoms with Gasteiger partial charge in [0.1, 0.15) is 12.6 Å². The Hall–Kier alpha value is -3.85. The van der Waals surface area contributed by atoms with Crippen LogP contribution in [0, 0.1) is 13.8 Å². The first-order valence-corrected chi connectivity index (χ1v) is 17.4. The first-order valence-electron chi connectivity index (χ1n) is 15.2. The predicted octanol–water partition coefficient (Wildman–Crippen LogP) is 7.36. The summed E-state index contributed by atoms with van der Waals surface area (Å²) in [6.45, 7) is 5.53. The number of unbranched alkanes of at least 4 members (excludes halogenated alkanes) is 1. The van der Waals surface area contributed by atoms with E-state index in [0.717, 1.165) is 28.3 Å². The molecule has 0 saturated carbocycles. The van der Waals surface area contributed by atoms with Crippen LogP contribution in [-0.2, 0) is 32.6 Å². The van der Waals surface area contributed by atoms with Gasteiger partial charge >= 0.3 is 0 Å². The zero-order chi connectivity index (χ0) is 33.3. The number of hydrogen-bond donors (Lipinski definition) is 1. The maximum Gasteiger partial charge on any atom is 0.264 e. The molecule has 1 N–H and O–H groups in total. The first kappa shape index (κ1) is 35.0. The molecule has 242 valence electrons. The molecule has 0 aliphatic carbocycles. The molecule has 4 rings (SSSR count). The van der Waals surface area contributed by atoms with E-state index in [1.807, 2.05) is 50.2 Å². The van der Waals surface area contributed by atoms with Crippen LogP contribution in [0.5, 0.6) is 0 Å². The first-order chi connectivity index (χ1) is 22.0. The normalized spacial score (nSPS) is 11.9. The fourth-order valence-corrected chi connectivity index (χ4v) is 7.02. The molecular weight excluding hydrogens is 641 g/mol. The van der Waals surface area contributed by atoms with E-state index in [4.69, 9.17) is 23.2 Å². The third kappa shape index (κ3) is 8.90. The third-order valence-electron chi connectivity index (χ3n) is 7.71. The molecule has 4 aromatic rings. The molecule has 0 bridgehead atoms. The average Bonchev–Trinajstić information content (AvgIpc) is 3.03. The fraction of sp³-hybridized carbons (Fsp3) is 0.278. The van der Waals surface area contributed by atoms with E-state index in [1.165, 1.54) is 17.0 Å². The summed E-state index contributed by atoms with van der Waals surface area (Å²) >= 11 is 12.8. The van der Waals surface area contributed by atoms with Crippen molar-refractivity contribution in [2.45, 2.75) is 57.5 Å². The molecule has 0 heterocycles. The second kappa shape index (κ2) is 16.1. The number of anilines is 1. The molecule has 10 heteroatoms. The van der Waals surface area contributed by atoms with Crippen LogP contribution in [0.25, 0.3) is 0 Å². The molecule has 0 saturated heterocycles. The summed E-state index contributed by atoms with van der Waals surface area (Å²) in [4.78, 5) is 29.9. The molecule has 46 heavy (non-hydrogen) atoms. The van der Waals surface area contributed by atoms with Gasteiger partial charge < -0.3 is 10.2 Å². The Balaban J connectivity index is 1.82. The van der Waals surface area contributed by atoms with Crippen LogP contribution in [0.2, 0.25) is 10.0 Å². The number of rotatable bonds is 14. The molecule has 0 aromatic heterocycles. The van der Waals surface area contributed by atoms with Crippen LogP contribution in [0.3, 0.4) is 0 Å². The van der Waals surface area contributed by atoms with Crippen molar-refractivity contribution >= 4 is 50.7 Å². The van der Waals surface area contributed by atoms with Crippen molar-refractivity contribution in [3.8, 4) is 0 Å². The monoisotopic (exact) mass is 679 g/mol. The Morgan fingerprint density at radius 2 is 1.54 bits per heavy atom. The van der Waals surface area contributed by atoms with Gasteiger partial charge in [-0.25, -0.2) is 8.42 Å². The molecule has 0 aliphatic rings. The van der Waals surface area contributed by atoms with E-state index < -0.39 is 28.5 Å². The van der Waals surface area contributed by atoms with Gasteiger partial charge in [0, 0.05) is 29.6 Å². The number of halogens is 2. The van der Waals surface area contributed by atoms with Crippen molar-refractivity contribution in [3.63, 3.8) is 0 Å². The van der Waals surface area contributed by atoms with E-state index >= 15 is 0 Å². The SMILES string of the molecule is CCCCNC(=O)[C@@H](Cc1ccccc1)N(Cc1ccccc1Cl)C(=O)CN(c1ccc(Cl)cc1C)S(=O)(=O)c1ccc(C)cc1. The summed E-state index contributed by atoms with van der Waals surface area (Å²) in [5, 5.41) is 3.86. The van der Waals surface area contributed by atoms with E-state index in [-0.39, 0.29) is 23.8 Å². The van der Waals surface area contributed by atoms with Gasteiger partial charge in [0.2, 0.25) is 11.8 Å². The Kier molecular flexibility index (Phi) is 12.3. The van der Waals surface area contributed by atoms with Crippen molar-refractivity contribution in [1.82, 2.24) is 10.2 Å². The van der Waals surface area contributed by atoms with Crippen LogP contribution in [0.4, 0.5) is 5.69 Å². The number of nitrogens with one attached hydrogen (secondary N) is 1. The molecule has 4 aromatic carbocycles. The van der Waals surface area contributed by atoms with Gasteiger partial charge in [0.05, 0.1) is 10.6 Å².